The lowest BCUT2D eigenvalue weighted by atomic mass is 10.3. The normalized spacial score (nSPS) is 11.3. The van der Waals surface area contributed by atoms with E-state index in [9.17, 15) is 19.7 Å². The number of benzene rings is 2. The van der Waals surface area contributed by atoms with E-state index in [4.69, 9.17) is 21.1 Å². The molecule has 0 saturated heterocycles. The van der Waals surface area contributed by atoms with Crippen molar-refractivity contribution in [2.75, 3.05) is 11.9 Å². The Morgan fingerprint density at radius 2 is 1.92 bits per heavy atom. The van der Waals surface area contributed by atoms with Gasteiger partial charge in [-0.1, -0.05) is 17.7 Å². The predicted molar refractivity (Wildman–Crippen MR) is 94.2 cm³/mol. The molecule has 9 heteroatoms. The summed E-state index contributed by atoms with van der Waals surface area (Å²) in [4.78, 5) is 33.8. The third-order valence-electron chi connectivity index (χ3n) is 3.14. The van der Waals surface area contributed by atoms with Gasteiger partial charge in [0.05, 0.1) is 4.92 Å². The Hall–Kier alpha value is -3.13. The Morgan fingerprint density at radius 3 is 2.58 bits per heavy atom. The molecule has 26 heavy (non-hydrogen) atoms. The molecule has 0 radical (unpaired) electrons. The molecule has 8 nitrogen and oxygen atoms in total. The van der Waals surface area contributed by atoms with Crippen molar-refractivity contribution in [1.29, 1.82) is 0 Å². The molecule has 2 aromatic carbocycles. The van der Waals surface area contributed by atoms with Crippen molar-refractivity contribution < 1.29 is 24.0 Å². The van der Waals surface area contributed by atoms with E-state index in [0.717, 1.165) is 0 Å². The number of carbonyl (C=O) groups is 2. The number of halogens is 1. The Bertz CT molecular complexity index is 809. The fraction of sp³-hybridized carbons (Fsp3) is 0.176. The van der Waals surface area contributed by atoms with Crippen LogP contribution in [-0.4, -0.2) is 29.5 Å². The van der Waals surface area contributed by atoms with E-state index in [0.29, 0.717) is 10.8 Å². The van der Waals surface area contributed by atoms with E-state index in [1.165, 1.54) is 31.2 Å². The van der Waals surface area contributed by atoms with E-state index in [1.54, 1.807) is 24.3 Å². The van der Waals surface area contributed by atoms with Crippen LogP contribution >= 0.6 is 11.6 Å². The molecule has 0 aromatic heterocycles. The van der Waals surface area contributed by atoms with Crippen molar-refractivity contribution in [2.45, 2.75) is 13.0 Å². The number of hydrogen-bond acceptors (Lipinski definition) is 6. The summed E-state index contributed by atoms with van der Waals surface area (Å²) in [5.41, 5.74) is 0.0653. The molecular weight excluding hydrogens is 364 g/mol. The fourth-order valence-corrected chi connectivity index (χ4v) is 2.04. The number of nitro groups is 1. The zero-order valence-corrected chi connectivity index (χ0v) is 14.4. The van der Waals surface area contributed by atoms with E-state index < -0.39 is 29.5 Å². The number of carbonyl (C=O) groups excluding carboxylic acids is 2. The maximum absolute atomic E-state index is 11.9. The lowest BCUT2D eigenvalue weighted by Crippen LogP contribution is -2.29. The van der Waals surface area contributed by atoms with Gasteiger partial charge < -0.3 is 14.8 Å². The maximum Gasteiger partial charge on any atom is 0.347 e. The number of nitrogens with zero attached hydrogens (tertiary/aromatic N) is 1. The van der Waals surface area contributed by atoms with Gasteiger partial charge in [-0.15, -0.1) is 0 Å². The number of nitro benzene ring substituents is 1. The molecule has 1 N–H and O–H groups in total. The Morgan fingerprint density at radius 1 is 1.23 bits per heavy atom. The first kappa shape index (κ1) is 19.2. The van der Waals surface area contributed by atoms with Crippen LogP contribution in [0.2, 0.25) is 5.02 Å². The van der Waals surface area contributed by atoms with Gasteiger partial charge in [0.25, 0.3) is 11.6 Å². The van der Waals surface area contributed by atoms with Crippen LogP contribution < -0.4 is 10.1 Å². The van der Waals surface area contributed by atoms with E-state index in [2.05, 4.69) is 5.32 Å². The monoisotopic (exact) mass is 378 g/mol. The molecule has 0 saturated carbocycles. The molecule has 1 atom stereocenters. The summed E-state index contributed by atoms with van der Waals surface area (Å²) >= 11 is 5.76. The SMILES string of the molecule is C[C@H](Oc1ccc(Cl)cc1)C(=O)OCC(=O)Nc1cccc([N+](=O)[O-])c1. The smallest absolute Gasteiger partial charge is 0.347 e. The van der Waals surface area contributed by atoms with Gasteiger partial charge in [-0.3, -0.25) is 14.9 Å². The van der Waals surface area contributed by atoms with Gasteiger partial charge in [-0.2, -0.15) is 0 Å². The van der Waals surface area contributed by atoms with Crippen LogP contribution in [0.25, 0.3) is 0 Å². The molecule has 1 amide bonds. The van der Waals surface area contributed by atoms with Crippen LogP contribution in [0.5, 0.6) is 5.75 Å². The molecule has 0 heterocycles. The highest BCUT2D eigenvalue weighted by Gasteiger charge is 2.18. The summed E-state index contributed by atoms with van der Waals surface area (Å²) in [5.74, 6) is -0.924. The predicted octanol–water partition coefficient (Wildman–Crippen LogP) is 3.20. The molecule has 136 valence electrons. The van der Waals surface area contributed by atoms with Gasteiger partial charge in [-0.25, -0.2) is 4.79 Å². The molecule has 2 aromatic rings. The molecule has 0 spiro atoms. The highest BCUT2D eigenvalue weighted by atomic mass is 35.5. The zero-order valence-electron chi connectivity index (χ0n) is 13.7. The van der Waals surface area contributed by atoms with Crippen molar-refractivity contribution in [3.8, 4) is 5.75 Å². The second-order valence-electron chi connectivity index (χ2n) is 5.18. The number of nitrogens with one attached hydrogen (secondary N) is 1. The summed E-state index contributed by atoms with van der Waals surface area (Å²) in [5, 5.41) is 13.6. The quantitative estimate of drug-likeness (QED) is 0.450. The van der Waals surface area contributed by atoms with Crippen molar-refractivity contribution in [1.82, 2.24) is 0 Å². The topological polar surface area (TPSA) is 108 Å². The minimum atomic E-state index is -0.929. The van der Waals surface area contributed by atoms with Crippen LogP contribution in [0.15, 0.2) is 48.5 Å². The Balaban J connectivity index is 1.82. The standard InChI is InChI=1S/C17H15ClN2O6/c1-11(26-15-7-5-12(18)6-8-15)17(22)25-10-16(21)19-13-3-2-4-14(9-13)20(23)24/h2-9,11H,10H2,1H3,(H,19,21)/t11-/m0/s1. The summed E-state index contributed by atoms with van der Waals surface area (Å²) in [7, 11) is 0. The van der Waals surface area contributed by atoms with Gasteiger partial charge in [-0.05, 0) is 37.3 Å². The average molecular weight is 379 g/mol. The molecule has 2 rings (SSSR count). The molecule has 0 bridgehead atoms. The van der Waals surface area contributed by atoms with Gasteiger partial charge in [0.15, 0.2) is 12.7 Å². The molecule has 0 unspecified atom stereocenters. The van der Waals surface area contributed by atoms with Crippen LogP contribution in [0.1, 0.15) is 6.92 Å². The minimum Gasteiger partial charge on any atom is -0.479 e. The lowest BCUT2D eigenvalue weighted by Gasteiger charge is -2.14. The number of anilines is 1. The van der Waals surface area contributed by atoms with E-state index in [-0.39, 0.29) is 11.4 Å². The van der Waals surface area contributed by atoms with Gasteiger partial charge >= 0.3 is 5.97 Å². The highest BCUT2D eigenvalue weighted by molar-refractivity contribution is 6.30. The average Bonchev–Trinajstić information content (AvgIpc) is 2.61. The van der Waals surface area contributed by atoms with Crippen LogP contribution in [0, 0.1) is 10.1 Å². The first-order valence-corrected chi connectivity index (χ1v) is 7.86. The van der Waals surface area contributed by atoms with Crippen LogP contribution in [-0.2, 0) is 14.3 Å². The second kappa shape index (κ2) is 8.82. The Kier molecular flexibility index (Phi) is 6.51. The summed E-state index contributed by atoms with van der Waals surface area (Å²) in [6.45, 7) is 0.936. The second-order valence-corrected chi connectivity index (χ2v) is 5.61. The highest BCUT2D eigenvalue weighted by Crippen LogP contribution is 2.18. The zero-order chi connectivity index (χ0) is 19.1. The molecule has 0 aliphatic heterocycles. The van der Waals surface area contributed by atoms with Crippen molar-refractivity contribution >= 4 is 34.9 Å². The van der Waals surface area contributed by atoms with Gasteiger partial charge in [0.1, 0.15) is 5.75 Å². The van der Waals surface area contributed by atoms with Gasteiger partial charge in [0, 0.05) is 22.8 Å². The number of ether oxygens (including phenoxy) is 2. The minimum absolute atomic E-state index is 0.162. The first-order valence-electron chi connectivity index (χ1n) is 7.48. The van der Waals surface area contributed by atoms with Crippen molar-refractivity contribution in [3.63, 3.8) is 0 Å². The summed E-state index contributed by atoms with van der Waals surface area (Å²) in [6, 6.07) is 11.8. The molecular formula is C17H15ClN2O6. The lowest BCUT2D eigenvalue weighted by molar-refractivity contribution is -0.384. The third kappa shape index (κ3) is 5.75. The largest absolute Gasteiger partial charge is 0.479 e. The van der Waals surface area contributed by atoms with E-state index in [1.807, 2.05) is 0 Å². The van der Waals surface area contributed by atoms with Crippen molar-refractivity contribution in [2.24, 2.45) is 0 Å². The third-order valence-corrected chi connectivity index (χ3v) is 3.40. The summed E-state index contributed by atoms with van der Waals surface area (Å²) < 4.78 is 10.3. The Labute approximate surface area is 153 Å². The summed E-state index contributed by atoms with van der Waals surface area (Å²) in [6.07, 6.45) is -0.929. The van der Waals surface area contributed by atoms with Gasteiger partial charge in [0.2, 0.25) is 0 Å². The number of esters is 1. The molecule has 0 fully saturated rings. The number of rotatable bonds is 7. The number of amides is 1. The molecule has 0 aliphatic rings. The van der Waals surface area contributed by atoms with Crippen molar-refractivity contribution in [3.05, 3.63) is 63.7 Å². The van der Waals surface area contributed by atoms with Crippen LogP contribution in [0.4, 0.5) is 11.4 Å². The van der Waals surface area contributed by atoms with Crippen LogP contribution in [0.3, 0.4) is 0 Å². The first-order chi connectivity index (χ1) is 12.3. The van der Waals surface area contributed by atoms with E-state index >= 15 is 0 Å². The molecule has 0 aliphatic carbocycles. The number of non-ortho nitro benzene ring substituents is 1. The number of hydrogen-bond donors (Lipinski definition) is 1. The fourth-order valence-electron chi connectivity index (χ4n) is 1.91. The maximum atomic E-state index is 11.9.